The molecular formula is C21H19BrN2O6S. The predicted molar refractivity (Wildman–Crippen MR) is 119 cm³/mol. The average Bonchev–Trinajstić information content (AvgIpc) is 2.99. The maximum absolute atomic E-state index is 12.7. The Balaban J connectivity index is 2.42. The van der Waals surface area contributed by atoms with Crippen LogP contribution in [0.2, 0.25) is 0 Å². The van der Waals surface area contributed by atoms with E-state index in [0.29, 0.717) is 21.5 Å². The molecule has 2 aromatic rings. The van der Waals surface area contributed by atoms with E-state index in [4.69, 9.17) is 5.11 Å². The van der Waals surface area contributed by atoms with Crippen LogP contribution in [0.15, 0.2) is 58.0 Å². The first-order valence-corrected chi connectivity index (χ1v) is 11.8. The van der Waals surface area contributed by atoms with Gasteiger partial charge in [0.25, 0.3) is 0 Å². The van der Waals surface area contributed by atoms with Crippen molar-refractivity contribution < 1.29 is 28.2 Å². The zero-order valence-corrected chi connectivity index (χ0v) is 19.0. The highest BCUT2D eigenvalue weighted by atomic mass is 79.9. The second kappa shape index (κ2) is 8.27. The van der Waals surface area contributed by atoms with Crippen molar-refractivity contribution >= 4 is 49.2 Å². The van der Waals surface area contributed by atoms with Crippen LogP contribution in [0.25, 0.3) is 5.57 Å². The summed E-state index contributed by atoms with van der Waals surface area (Å²) in [4.78, 5) is 28.5. The number of rotatable bonds is 7. The molecule has 0 spiro atoms. The number of carboxylic acid groups (broad SMARTS) is 2. The van der Waals surface area contributed by atoms with Crippen molar-refractivity contribution in [1.82, 2.24) is 0 Å². The molecule has 1 aliphatic rings. The van der Waals surface area contributed by atoms with E-state index in [1.807, 2.05) is 13.0 Å². The van der Waals surface area contributed by atoms with Gasteiger partial charge in [-0.2, -0.15) is 0 Å². The number of halogens is 1. The van der Waals surface area contributed by atoms with E-state index in [1.54, 1.807) is 6.07 Å². The highest BCUT2D eigenvalue weighted by Crippen LogP contribution is 2.38. The van der Waals surface area contributed by atoms with E-state index in [9.17, 15) is 23.1 Å². The summed E-state index contributed by atoms with van der Waals surface area (Å²) in [6, 6.07) is 9.44. The molecule has 162 valence electrons. The van der Waals surface area contributed by atoms with Crippen LogP contribution in [-0.4, -0.2) is 36.8 Å². The van der Waals surface area contributed by atoms with Crippen molar-refractivity contribution in [3.63, 3.8) is 0 Å². The molecule has 0 amide bonds. The maximum atomic E-state index is 12.7. The number of nitrogens with zero attached hydrogens (tertiary/aromatic N) is 1. The molecule has 0 radical (unpaired) electrons. The van der Waals surface area contributed by atoms with Crippen LogP contribution < -0.4 is 15.3 Å². The monoisotopic (exact) mass is 506 g/mol. The molecule has 1 heterocycles. The molecule has 0 aromatic heterocycles. The van der Waals surface area contributed by atoms with Crippen molar-refractivity contribution in [1.29, 1.82) is 0 Å². The lowest BCUT2D eigenvalue weighted by Gasteiger charge is -2.25. The number of anilines is 1. The molecule has 1 unspecified atom stereocenters. The summed E-state index contributed by atoms with van der Waals surface area (Å²) in [5, 5.41) is 20.5. The number of nitrogens with one attached hydrogen (secondary N) is 1. The lowest BCUT2D eigenvalue weighted by atomic mass is 9.82. The fourth-order valence-corrected chi connectivity index (χ4v) is 4.64. The van der Waals surface area contributed by atoms with Gasteiger partial charge in [0, 0.05) is 27.0 Å². The van der Waals surface area contributed by atoms with Gasteiger partial charge in [-0.1, -0.05) is 35.0 Å². The minimum atomic E-state index is -3.60. The van der Waals surface area contributed by atoms with E-state index in [1.165, 1.54) is 30.3 Å². The second-order valence-corrected chi connectivity index (χ2v) is 9.65. The van der Waals surface area contributed by atoms with E-state index in [-0.39, 0.29) is 16.8 Å². The van der Waals surface area contributed by atoms with E-state index in [2.05, 4.69) is 25.6 Å². The molecular weight excluding hydrogens is 488 g/mol. The van der Waals surface area contributed by atoms with Gasteiger partial charge in [0.05, 0.1) is 11.6 Å². The standard InChI is InChI=1S/C21H19BrN2O6S/c1-3-12-9-14(22)11-16-17(7-8-18(25)26)21(20(27)28,23-19(12)16)13-5-4-6-15(10-13)24-31(2,29)30/h4-11,24H,3H2,1-2H3,(H,25,26)(H,27,28). The highest BCUT2D eigenvalue weighted by Gasteiger charge is 2.46. The number of fused-ring (bicyclic) bond motifs is 1. The number of hydrogen-bond acceptors (Lipinski definition) is 5. The number of carbonyl (C=O) groups is 2. The third kappa shape index (κ3) is 4.40. The van der Waals surface area contributed by atoms with Crippen molar-refractivity contribution in [2.24, 2.45) is 4.99 Å². The lowest BCUT2D eigenvalue weighted by Crippen LogP contribution is -2.34. The molecule has 0 fully saturated rings. The topological polar surface area (TPSA) is 133 Å². The molecule has 31 heavy (non-hydrogen) atoms. The minimum Gasteiger partial charge on any atom is -0.479 e. The van der Waals surface area contributed by atoms with Crippen LogP contribution in [0.1, 0.15) is 18.1 Å². The lowest BCUT2D eigenvalue weighted by molar-refractivity contribution is -0.141. The van der Waals surface area contributed by atoms with Crippen LogP contribution in [0, 0.1) is 0 Å². The van der Waals surface area contributed by atoms with Crippen molar-refractivity contribution in [2.45, 2.75) is 18.9 Å². The van der Waals surface area contributed by atoms with Crippen LogP contribution in [0.4, 0.5) is 5.69 Å². The fourth-order valence-electron chi connectivity index (χ4n) is 3.58. The van der Waals surface area contributed by atoms with Gasteiger partial charge in [0.2, 0.25) is 15.6 Å². The average molecular weight is 507 g/mol. The van der Waals surface area contributed by atoms with Gasteiger partial charge in [-0.25, -0.2) is 18.0 Å². The first kappa shape index (κ1) is 22.7. The molecule has 2 aromatic carbocycles. The van der Waals surface area contributed by atoms with Crippen LogP contribution in [-0.2, 0) is 31.6 Å². The fraction of sp³-hybridized carbons (Fsp3) is 0.190. The molecule has 0 bridgehead atoms. The van der Waals surface area contributed by atoms with Gasteiger partial charge < -0.3 is 10.2 Å². The van der Waals surface area contributed by atoms with Crippen LogP contribution in [0.3, 0.4) is 0 Å². The van der Waals surface area contributed by atoms with E-state index < -0.39 is 27.5 Å². The van der Waals surface area contributed by atoms with Gasteiger partial charge in [-0.05, 0) is 47.9 Å². The summed E-state index contributed by atoms with van der Waals surface area (Å²) in [6.07, 6.45) is 3.66. The summed E-state index contributed by atoms with van der Waals surface area (Å²) in [5.74, 6) is -2.55. The number of carboxylic acids is 2. The quantitative estimate of drug-likeness (QED) is 0.490. The van der Waals surface area contributed by atoms with Crippen LogP contribution >= 0.6 is 15.9 Å². The zero-order valence-electron chi connectivity index (χ0n) is 16.6. The first-order valence-electron chi connectivity index (χ1n) is 9.13. The maximum Gasteiger partial charge on any atom is 0.341 e. The van der Waals surface area contributed by atoms with E-state index in [0.717, 1.165) is 17.9 Å². The summed E-state index contributed by atoms with van der Waals surface area (Å²) < 4.78 is 26.3. The Kier molecular flexibility index (Phi) is 6.06. The predicted octanol–water partition coefficient (Wildman–Crippen LogP) is 1.79. The van der Waals surface area contributed by atoms with Gasteiger partial charge in [-0.3, -0.25) is 9.71 Å². The largest absolute Gasteiger partial charge is 0.479 e. The summed E-state index contributed by atoms with van der Waals surface area (Å²) in [6.45, 7) is 1.90. The van der Waals surface area contributed by atoms with Crippen LogP contribution in [0.5, 0.6) is 0 Å². The van der Waals surface area contributed by atoms with Crippen molar-refractivity contribution in [3.05, 3.63) is 74.7 Å². The molecule has 3 rings (SSSR count). The second-order valence-electron chi connectivity index (χ2n) is 6.98. The smallest absolute Gasteiger partial charge is 0.341 e. The summed E-state index contributed by atoms with van der Waals surface area (Å²) >= 11 is 3.42. The Morgan fingerprint density at radius 2 is 1.94 bits per heavy atom. The summed E-state index contributed by atoms with van der Waals surface area (Å²) in [7, 11) is -3.60. The number of hydrogen-bond donors (Lipinski definition) is 3. The Bertz CT molecular complexity index is 1350. The molecule has 1 aliphatic heterocycles. The highest BCUT2D eigenvalue weighted by molar-refractivity contribution is 9.10. The molecule has 10 heteroatoms. The Hall–Kier alpha value is -2.98. The molecule has 8 nitrogen and oxygen atoms in total. The molecule has 0 saturated carbocycles. The van der Waals surface area contributed by atoms with Gasteiger partial charge in [0.15, 0.2) is 0 Å². The van der Waals surface area contributed by atoms with Crippen molar-refractivity contribution in [3.8, 4) is 0 Å². The van der Waals surface area contributed by atoms with Gasteiger partial charge >= 0.3 is 11.9 Å². The molecule has 3 N–H and O–H groups in total. The molecule has 0 aliphatic carbocycles. The third-order valence-electron chi connectivity index (χ3n) is 4.78. The first-order chi connectivity index (χ1) is 14.5. The number of sulfonamides is 1. The van der Waals surface area contributed by atoms with E-state index >= 15 is 0 Å². The Morgan fingerprint density at radius 3 is 2.52 bits per heavy atom. The molecule has 0 saturated heterocycles. The number of benzene rings is 2. The zero-order chi connectivity index (χ0) is 23.0. The minimum absolute atomic E-state index is 0.171. The van der Waals surface area contributed by atoms with Gasteiger partial charge in [0.1, 0.15) is 0 Å². The Morgan fingerprint density at radius 1 is 1.23 bits per heavy atom. The van der Waals surface area contributed by atoms with Crippen molar-refractivity contribution in [2.75, 3.05) is 11.0 Å². The number of aliphatic carboxylic acids is 2. The Labute approximate surface area is 186 Å². The van der Waals surface area contributed by atoms with Gasteiger partial charge in [-0.15, -0.1) is 0 Å². The number of aryl methyl sites for hydroxylation is 1. The third-order valence-corrected chi connectivity index (χ3v) is 5.84. The SMILES string of the molecule is CCc1cc(Br)cc2c1=NC(C(=O)O)(c1cccc(NS(C)(=O)=O)c1)C=2C=CC(=O)O. The summed E-state index contributed by atoms with van der Waals surface area (Å²) in [5.41, 5.74) is -0.629. The molecule has 1 atom stereocenters. The normalized spacial score (nSPS) is 18.0.